The molecule has 1 aromatic heterocycles. The molecular weight excluding hydrogens is 396 g/mol. The number of rotatable bonds is 6. The van der Waals surface area contributed by atoms with E-state index in [1.165, 1.54) is 0 Å². The molecule has 0 spiro atoms. The number of fused-ring (bicyclic) bond motifs is 1. The molecule has 0 unspecified atom stereocenters. The van der Waals surface area contributed by atoms with E-state index in [1.807, 2.05) is 13.8 Å². The average Bonchev–Trinajstić information content (AvgIpc) is 3.13. The second-order valence-corrected chi connectivity index (χ2v) is 10.9. The number of hydrogen-bond acceptors (Lipinski definition) is 5. The summed E-state index contributed by atoms with van der Waals surface area (Å²) in [5, 5.41) is 1.72. The average molecular weight is 423 g/mol. The van der Waals surface area contributed by atoms with Crippen LogP contribution in [0.5, 0.6) is 5.75 Å². The summed E-state index contributed by atoms with van der Waals surface area (Å²) < 4.78 is 33.7. The van der Waals surface area contributed by atoms with Gasteiger partial charge in [0.15, 0.2) is 0 Å². The van der Waals surface area contributed by atoms with Crippen molar-refractivity contribution in [1.29, 1.82) is 0 Å². The lowest BCUT2D eigenvalue weighted by Gasteiger charge is -2.28. The first kappa shape index (κ1) is 20.7. The highest BCUT2D eigenvalue weighted by atomic mass is 32.2. The molecule has 1 aliphatic heterocycles. The number of benzene rings is 1. The minimum atomic E-state index is -3.64. The second kappa shape index (κ2) is 7.75. The largest absolute Gasteiger partial charge is 0.490 e. The Morgan fingerprint density at radius 2 is 2.04 bits per heavy atom. The van der Waals surface area contributed by atoms with Crippen molar-refractivity contribution < 1.29 is 17.9 Å². The van der Waals surface area contributed by atoms with E-state index in [4.69, 9.17) is 4.74 Å². The van der Waals surface area contributed by atoms with Gasteiger partial charge < -0.3 is 9.64 Å². The summed E-state index contributed by atoms with van der Waals surface area (Å²) in [5.74, 6) is 0.980. The molecule has 1 amide bonds. The number of ether oxygens (including phenoxy) is 1. The van der Waals surface area contributed by atoms with Crippen molar-refractivity contribution in [2.75, 3.05) is 22.8 Å². The summed E-state index contributed by atoms with van der Waals surface area (Å²) in [6.07, 6.45) is 0.869. The SMILES string of the molecule is CC(C)CCN1C(=O)C(C)(C)COc2cc(NS(=O)(=O)c3cccs3)ccc21. The third kappa shape index (κ3) is 4.33. The van der Waals surface area contributed by atoms with Crippen LogP contribution in [0.2, 0.25) is 0 Å². The molecule has 0 atom stereocenters. The Bertz CT molecular complexity index is 951. The Labute approximate surface area is 170 Å². The Morgan fingerprint density at radius 1 is 1.29 bits per heavy atom. The summed E-state index contributed by atoms with van der Waals surface area (Å²) in [6.45, 7) is 8.79. The first-order valence-corrected chi connectivity index (χ1v) is 11.6. The molecule has 0 aliphatic carbocycles. The predicted octanol–water partition coefficient (Wildman–Crippen LogP) is 4.35. The minimum Gasteiger partial charge on any atom is -0.490 e. The van der Waals surface area contributed by atoms with E-state index in [1.54, 1.807) is 40.6 Å². The van der Waals surface area contributed by atoms with Gasteiger partial charge in [-0.25, -0.2) is 8.42 Å². The van der Waals surface area contributed by atoms with Crippen molar-refractivity contribution in [3.63, 3.8) is 0 Å². The number of carbonyl (C=O) groups is 1. The molecule has 3 rings (SSSR count). The van der Waals surface area contributed by atoms with Gasteiger partial charge >= 0.3 is 0 Å². The summed E-state index contributed by atoms with van der Waals surface area (Å²) in [5.41, 5.74) is 0.422. The molecule has 1 N–H and O–H groups in total. The predicted molar refractivity (Wildman–Crippen MR) is 113 cm³/mol. The van der Waals surface area contributed by atoms with Gasteiger partial charge in [-0.15, -0.1) is 11.3 Å². The fraction of sp³-hybridized carbons (Fsp3) is 0.450. The Kier molecular flexibility index (Phi) is 5.72. The van der Waals surface area contributed by atoms with Gasteiger partial charge in [-0.1, -0.05) is 19.9 Å². The molecule has 0 bridgehead atoms. The lowest BCUT2D eigenvalue weighted by Crippen LogP contribution is -2.42. The van der Waals surface area contributed by atoms with Crippen molar-refractivity contribution in [2.45, 2.75) is 38.3 Å². The molecule has 2 aromatic rings. The van der Waals surface area contributed by atoms with Crippen LogP contribution in [0.25, 0.3) is 0 Å². The van der Waals surface area contributed by atoms with Crippen LogP contribution in [0.3, 0.4) is 0 Å². The highest BCUT2D eigenvalue weighted by Gasteiger charge is 2.37. The molecule has 152 valence electrons. The standard InChI is InChI=1S/C20H26N2O4S2/c1-14(2)9-10-22-16-8-7-15(21-28(24,25)18-6-5-11-27-18)12-17(16)26-13-20(3,4)19(22)23/h5-8,11-12,14,21H,9-10,13H2,1-4H3. The molecule has 1 aromatic carbocycles. The van der Waals surface area contributed by atoms with E-state index in [2.05, 4.69) is 18.6 Å². The molecule has 6 nitrogen and oxygen atoms in total. The van der Waals surface area contributed by atoms with Crippen LogP contribution in [0.4, 0.5) is 11.4 Å². The van der Waals surface area contributed by atoms with E-state index >= 15 is 0 Å². The van der Waals surface area contributed by atoms with Gasteiger partial charge in [0, 0.05) is 12.6 Å². The summed E-state index contributed by atoms with van der Waals surface area (Å²) in [7, 11) is -3.64. The van der Waals surface area contributed by atoms with Crippen molar-refractivity contribution in [2.24, 2.45) is 11.3 Å². The third-order valence-electron chi connectivity index (χ3n) is 4.61. The van der Waals surface area contributed by atoms with E-state index < -0.39 is 15.4 Å². The summed E-state index contributed by atoms with van der Waals surface area (Å²) in [4.78, 5) is 14.8. The topological polar surface area (TPSA) is 75.7 Å². The van der Waals surface area contributed by atoms with Gasteiger partial charge in [-0.05, 0) is 49.8 Å². The zero-order valence-corrected chi connectivity index (χ0v) is 18.2. The summed E-state index contributed by atoms with van der Waals surface area (Å²) >= 11 is 1.16. The number of nitrogens with zero attached hydrogens (tertiary/aromatic N) is 1. The summed E-state index contributed by atoms with van der Waals surface area (Å²) in [6, 6.07) is 8.32. The molecule has 0 fully saturated rings. The van der Waals surface area contributed by atoms with Crippen LogP contribution in [-0.4, -0.2) is 27.5 Å². The molecule has 2 heterocycles. The van der Waals surface area contributed by atoms with E-state index in [0.717, 1.165) is 17.8 Å². The van der Waals surface area contributed by atoms with Crippen LogP contribution in [-0.2, 0) is 14.8 Å². The van der Waals surface area contributed by atoms with Gasteiger partial charge in [0.05, 0.1) is 16.8 Å². The van der Waals surface area contributed by atoms with Crippen molar-refractivity contribution in [3.05, 3.63) is 35.7 Å². The van der Waals surface area contributed by atoms with E-state index in [9.17, 15) is 13.2 Å². The van der Waals surface area contributed by atoms with Crippen LogP contribution < -0.4 is 14.4 Å². The van der Waals surface area contributed by atoms with Crippen LogP contribution >= 0.6 is 11.3 Å². The molecule has 8 heteroatoms. The normalized spacial score (nSPS) is 16.5. The molecule has 0 saturated heterocycles. The number of amides is 1. The lowest BCUT2D eigenvalue weighted by molar-refractivity contribution is -0.127. The van der Waals surface area contributed by atoms with E-state index in [0.29, 0.717) is 29.6 Å². The van der Waals surface area contributed by atoms with Crippen molar-refractivity contribution >= 4 is 38.6 Å². The highest BCUT2D eigenvalue weighted by Crippen LogP contribution is 2.39. The first-order valence-electron chi connectivity index (χ1n) is 9.25. The molecule has 0 radical (unpaired) electrons. The van der Waals surface area contributed by atoms with Gasteiger partial charge in [0.1, 0.15) is 16.6 Å². The fourth-order valence-corrected chi connectivity index (χ4v) is 4.98. The highest BCUT2D eigenvalue weighted by molar-refractivity contribution is 7.94. The van der Waals surface area contributed by atoms with Gasteiger partial charge in [0.2, 0.25) is 5.91 Å². The number of nitrogens with one attached hydrogen (secondary N) is 1. The second-order valence-electron chi connectivity index (χ2n) is 8.03. The third-order valence-corrected chi connectivity index (χ3v) is 7.38. The zero-order chi connectivity index (χ0) is 20.5. The number of sulfonamides is 1. The lowest BCUT2D eigenvalue weighted by atomic mass is 9.92. The van der Waals surface area contributed by atoms with Crippen molar-refractivity contribution in [1.82, 2.24) is 0 Å². The zero-order valence-electron chi connectivity index (χ0n) is 16.6. The van der Waals surface area contributed by atoms with Gasteiger partial charge in [0.25, 0.3) is 10.0 Å². The van der Waals surface area contributed by atoms with Gasteiger partial charge in [-0.3, -0.25) is 9.52 Å². The minimum absolute atomic E-state index is 0.0128. The molecular formula is C20H26N2O4S2. The number of thiophene rings is 1. The smallest absolute Gasteiger partial charge is 0.271 e. The monoisotopic (exact) mass is 422 g/mol. The first-order chi connectivity index (χ1) is 13.1. The molecule has 28 heavy (non-hydrogen) atoms. The van der Waals surface area contributed by atoms with Crippen LogP contribution in [0.15, 0.2) is 39.9 Å². The fourth-order valence-electron chi connectivity index (χ4n) is 2.94. The van der Waals surface area contributed by atoms with Crippen molar-refractivity contribution in [3.8, 4) is 5.75 Å². The maximum Gasteiger partial charge on any atom is 0.271 e. The van der Waals surface area contributed by atoms with E-state index in [-0.39, 0.29) is 16.7 Å². The van der Waals surface area contributed by atoms with Crippen LogP contribution in [0, 0.1) is 11.3 Å². The maximum atomic E-state index is 13.0. The Balaban J connectivity index is 1.93. The maximum absolute atomic E-state index is 13.0. The van der Waals surface area contributed by atoms with Gasteiger partial charge in [-0.2, -0.15) is 0 Å². The number of carbonyl (C=O) groups excluding carboxylic acids is 1. The quantitative estimate of drug-likeness (QED) is 0.751. The Morgan fingerprint density at radius 3 is 2.68 bits per heavy atom. The number of hydrogen-bond donors (Lipinski definition) is 1. The van der Waals surface area contributed by atoms with Crippen LogP contribution in [0.1, 0.15) is 34.1 Å². The molecule has 1 aliphatic rings. The Hall–Kier alpha value is -2.06. The molecule has 0 saturated carbocycles. The number of anilines is 2.